The van der Waals surface area contributed by atoms with Gasteiger partial charge in [0.15, 0.2) is 0 Å². The Morgan fingerprint density at radius 1 is 1.50 bits per heavy atom. The topological polar surface area (TPSA) is 45.8 Å². The lowest BCUT2D eigenvalue weighted by atomic mass is 10.3. The molecule has 0 aliphatic rings. The molecule has 12 heavy (non-hydrogen) atoms. The van der Waals surface area contributed by atoms with Crippen molar-refractivity contribution < 1.29 is 0 Å². The van der Waals surface area contributed by atoms with E-state index >= 15 is 0 Å². The molecule has 1 N–H and O–H groups in total. The van der Waals surface area contributed by atoms with Gasteiger partial charge in [0.25, 0.3) is 0 Å². The van der Waals surface area contributed by atoms with Crippen LogP contribution in [0.15, 0.2) is 33.9 Å². The molecule has 0 radical (unpaired) electrons. The summed E-state index contributed by atoms with van der Waals surface area (Å²) in [5, 5.41) is 0.604. The second-order valence-corrected chi connectivity index (χ2v) is 3.24. The van der Waals surface area contributed by atoms with Crippen LogP contribution in [-0.4, -0.2) is 9.97 Å². The minimum atomic E-state index is -0.0307. The molecule has 0 atom stereocenters. The van der Waals surface area contributed by atoms with Crippen molar-refractivity contribution in [3.8, 4) is 0 Å². The van der Waals surface area contributed by atoms with Gasteiger partial charge in [-0.15, -0.1) is 0 Å². The van der Waals surface area contributed by atoms with Crippen molar-refractivity contribution in [1.82, 2.24) is 9.97 Å². The molecular weight excluding hydrogens is 220 g/mol. The Labute approximate surface area is 76.6 Å². The highest BCUT2D eigenvalue weighted by molar-refractivity contribution is 9.10. The summed E-state index contributed by atoms with van der Waals surface area (Å²) in [5.41, 5.74) is 0.773. The fourth-order valence-electron chi connectivity index (χ4n) is 1.04. The molecule has 2 heterocycles. The molecule has 2 aromatic rings. The van der Waals surface area contributed by atoms with Crippen molar-refractivity contribution in [2.24, 2.45) is 0 Å². The minimum absolute atomic E-state index is 0.0307. The lowest BCUT2D eigenvalue weighted by Crippen LogP contribution is -2.03. The van der Waals surface area contributed by atoms with Crippen LogP contribution in [0, 0.1) is 0 Å². The first kappa shape index (κ1) is 7.49. The summed E-state index contributed by atoms with van der Waals surface area (Å²) in [6.45, 7) is 0. The number of hydrogen-bond donors (Lipinski definition) is 1. The van der Waals surface area contributed by atoms with E-state index < -0.39 is 0 Å². The first-order chi connectivity index (χ1) is 5.79. The number of H-pyrrole nitrogens is 1. The average molecular weight is 225 g/mol. The van der Waals surface area contributed by atoms with E-state index in [4.69, 9.17) is 0 Å². The molecule has 4 heteroatoms. The Kier molecular flexibility index (Phi) is 1.69. The van der Waals surface area contributed by atoms with Crippen LogP contribution in [-0.2, 0) is 0 Å². The van der Waals surface area contributed by atoms with Crippen molar-refractivity contribution in [1.29, 1.82) is 0 Å². The molecule has 0 unspecified atom stereocenters. The van der Waals surface area contributed by atoms with Gasteiger partial charge < -0.3 is 4.98 Å². The van der Waals surface area contributed by atoms with Crippen LogP contribution in [0.2, 0.25) is 0 Å². The lowest BCUT2D eigenvalue weighted by Gasteiger charge is -1.95. The molecule has 3 nitrogen and oxygen atoms in total. The van der Waals surface area contributed by atoms with Gasteiger partial charge in [-0.3, -0.25) is 9.78 Å². The van der Waals surface area contributed by atoms with E-state index in [0.29, 0.717) is 9.86 Å². The maximum atomic E-state index is 11.4. The monoisotopic (exact) mass is 224 g/mol. The zero-order chi connectivity index (χ0) is 8.55. The zero-order valence-corrected chi connectivity index (χ0v) is 7.63. The summed E-state index contributed by atoms with van der Waals surface area (Å²) >= 11 is 3.14. The van der Waals surface area contributed by atoms with E-state index in [1.54, 1.807) is 24.7 Å². The number of nitrogens with one attached hydrogen (secondary N) is 1. The van der Waals surface area contributed by atoms with Gasteiger partial charge >= 0.3 is 0 Å². The summed E-state index contributed by atoms with van der Waals surface area (Å²) in [6, 6.07) is 1.77. The van der Waals surface area contributed by atoms with Gasteiger partial charge in [-0.05, 0) is 22.0 Å². The predicted molar refractivity (Wildman–Crippen MR) is 50.1 cm³/mol. The molecule has 0 spiro atoms. The fraction of sp³-hybridized carbons (Fsp3) is 0. The Morgan fingerprint density at radius 2 is 2.33 bits per heavy atom. The van der Waals surface area contributed by atoms with Gasteiger partial charge in [0, 0.05) is 18.6 Å². The number of aromatic nitrogens is 2. The van der Waals surface area contributed by atoms with Gasteiger partial charge in [0.2, 0.25) is 5.43 Å². The first-order valence-electron chi connectivity index (χ1n) is 3.40. The third-order valence-electron chi connectivity index (χ3n) is 1.64. The molecule has 0 aromatic carbocycles. The Bertz CT molecular complexity index is 478. The van der Waals surface area contributed by atoms with Crippen molar-refractivity contribution in [3.05, 3.63) is 39.4 Å². The molecule has 0 bridgehead atoms. The predicted octanol–water partition coefficient (Wildman–Crippen LogP) is 1.69. The van der Waals surface area contributed by atoms with E-state index in [-0.39, 0.29) is 5.43 Å². The molecule has 2 rings (SSSR count). The van der Waals surface area contributed by atoms with Crippen LogP contribution >= 0.6 is 15.9 Å². The third-order valence-corrected chi connectivity index (χ3v) is 2.23. The average Bonchev–Trinajstić information content (AvgIpc) is 2.12. The number of pyridine rings is 2. The molecule has 0 saturated carbocycles. The Hall–Kier alpha value is -1.16. The van der Waals surface area contributed by atoms with E-state index in [2.05, 4.69) is 25.9 Å². The SMILES string of the molecule is O=c1c(Br)c[nH]c2ccncc12. The molecule has 0 aliphatic carbocycles. The van der Waals surface area contributed by atoms with Crippen molar-refractivity contribution in [2.45, 2.75) is 0 Å². The van der Waals surface area contributed by atoms with Gasteiger partial charge in [0.1, 0.15) is 0 Å². The highest BCUT2D eigenvalue weighted by Gasteiger charge is 2.00. The summed E-state index contributed by atoms with van der Waals surface area (Å²) in [7, 11) is 0. The fourth-order valence-corrected chi connectivity index (χ4v) is 1.36. The van der Waals surface area contributed by atoms with Crippen molar-refractivity contribution >= 4 is 26.8 Å². The van der Waals surface area contributed by atoms with Crippen LogP contribution in [0.3, 0.4) is 0 Å². The van der Waals surface area contributed by atoms with Crippen LogP contribution in [0.1, 0.15) is 0 Å². The lowest BCUT2D eigenvalue weighted by molar-refractivity contribution is 1.30. The van der Waals surface area contributed by atoms with Crippen LogP contribution in [0.5, 0.6) is 0 Å². The highest BCUT2D eigenvalue weighted by Crippen LogP contribution is 2.08. The molecule has 0 saturated heterocycles. The summed E-state index contributed by atoms with van der Waals surface area (Å²) in [6.07, 6.45) is 4.83. The normalized spacial score (nSPS) is 10.4. The largest absolute Gasteiger partial charge is 0.360 e. The summed E-state index contributed by atoms with van der Waals surface area (Å²) in [5.74, 6) is 0. The number of halogens is 1. The quantitative estimate of drug-likeness (QED) is 0.741. The third kappa shape index (κ3) is 1.04. The maximum Gasteiger partial charge on any atom is 0.205 e. The second-order valence-electron chi connectivity index (χ2n) is 2.39. The highest BCUT2D eigenvalue weighted by atomic mass is 79.9. The standard InChI is InChI=1S/C8H5BrN2O/c9-6-4-11-7-1-2-10-3-5(7)8(6)12/h1-4H,(H,11,12). The second kappa shape index (κ2) is 2.71. The minimum Gasteiger partial charge on any atom is -0.360 e. The van der Waals surface area contributed by atoms with Crippen molar-refractivity contribution in [3.63, 3.8) is 0 Å². The van der Waals surface area contributed by atoms with Crippen LogP contribution < -0.4 is 5.43 Å². The zero-order valence-electron chi connectivity index (χ0n) is 6.04. The maximum absolute atomic E-state index is 11.4. The molecular formula is C8H5BrN2O. The van der Waals surface area contributed by atoms with Gasteiger partial charge in [-0.1, -0.05) is 0 Å². The van der Waals surface area contributed by atoms with E-state index in [0.717, 1.165) is 5.52 Å². The first-order valence-corrected chi connectivity index (χ1v) is 4.19. The summed E-state index contributed by atoms with van der Waals surface area (Å²) in [4.78, 5) is 18.3. The molecule has 0 amide bonds. The van der Waals surface area contributed by atoms with E-state index in [9.17, 15) is 4.79 Å². The number of rotatable bonds is 0. The van der Waals surface area contributed by atoms with E-state index in [1.165, 1.54) is 0 Å². The van der Waals surface area contributed by atoms with E-state index in [1.807, 2.05) is 0 Å². The number of hydrogen-bond acceptors (Lipinski definition) is 2. The Morgan fingerprint density at radius 3 is 3.17 bits per heavy atom. The molecule has 2 aromatic heterocycles. The van der Waals surface area contributed by atoms with Gasteiger partial charge in [-0.2, -0.15) is 0 Å². The smallest absolute Gasteiger partial charge is 0.205 e. The van der Waals surface area contributed by atoms with Gasteiger partial charge in [-0.25, -0.2) is 0 Å². The van der Waals surface area contributed by atoms with Crippen LogP contribution in [0.25, 0.3) is 10.9 Å². The number of nitrogens with zero attached hydrogens (tertiary/aromatic N) is 1. The van der Waals surface area contributed by atoms with Crippen molar-refractivity contribution in [2.75, 3.05) is 0 Å². The molecule has 0 aliphatic heterocycles. The van der Waals surface area contributed by atoms with Crippen LogP contribution in [0.4, 0.5) is 0 Å². The molecule has 60 valence electrons. The Balaban J connectivity index is 3.01. The molecule has 0 fully saturated rings. The van der Waals surface area contributed by atoms with Gasteiger partial charge in [0.05, 0.1) is 15.4 Å². The number of fused-ring (bicyclic) bond motifs is 1. The summed E-state index contributed by atoms with van der Waals surface area (Å²) < 4.78 is 0.531. The number of aromatic amines is 1.